The Morgan fingerprint density at radius 1 is 1.13 bits per heavy atom. The van der Waals surface area contributed by atoms with Gasteiger partial charge in [0.2, 0.25) is 0 Å². The smallest absolute Gasteiger partial charge is 0.269 e. The Bertz CT molecular complexity index is 1070. The molecule has 0 saturated carbocycles. The monoisotopic (exact) mass is 408 g/mol. The van der Waals surface area contributed by atoms with Crippen LogP contribution in [0.3, 0.4) is 0 Å². The van der Waals surface area contributed by atoms with E-state index in [9.17, 15) is 9.90 Å². The highest BCUT2D eigenvalue weighted by molar-refractivity contribution is 5.81. The van der Waals surface area contributed by atoms with Crippen LogP contribution in [-0.2, 0) is 6.54 Å². The van der Waals surface area contributed by atoms with Gasteiger partial charge in [0.1, 0.15) is 0 Å². The third-order valence-corrected chi connectivity index (χ3v) is 6.42. The highest BCUT2D eigenvalue weighted by Gasteiger charge is 2.24. The van der Waals surface area contributed by atoms with Gasteiger partial charge in [0.05, 0.1) is 35.7 Å². The molecule has 0 aliphatic carbocycles. The van der Waals surface area contributed by atoms with Crippen LogP contribution in [0.15, 0.2) is 41.5 Å². The van der Waals surface area contributed by atoms with Crippen molar-refractivity contribution in [2.75, 3.05) is 31.1 Å². The van der Waals surface area contributed by atoms with Crippen molar-refractivity contribution in [2.45, 2.75) is 44.4 Å². The first-order valence-electron chi connectivity index (χ1n) is 10.8. The molecule has 30 heavy (non-hydrogen) atoms. The number of piperidine rings is 2. The minimum absolute atomic E-state index is 0.0406. The second kappa shape index (κ2) is 8.20. The minimum atomic E-state index is -0.226. The Kier molecular flexibility index (Phi) is 5.26. The largest absolute Gasteiger partial charge is 0.393 e. The molecular weight excluding hydrogens is 380 g/mol. The molecule has 4 heterocycles. The third kappa shape index (κ3) is 3.85. The molecule has 2 fully saturated rings. The van der Waals surface area contributed by atoms with Crippen LogP contribution in [0.5, 0.6) is 0 Å². The Morgan fingerprint density at radius 3 is 2.83 bits per heavy atom. The molecule has 0 unspecified atom stereocenters. The van der Waals surface area contributed by atoms with Gasteiger partial charge in [0, 0.05) is 37.6 Å². The van der Waals surface area contributed by atoms with Crippen molar-refractivity contribution in [3.63, 3.8) is 0 Å². The zero-order chi connectivity index (χ0) is 20.5. The highest BCUT2D eigenvalue weighted by Crippen LogP contribution is 2.24. The average Bonchev–Trinajstić information content (AvgIpc) is 3.24. The maximum absolute atomic E-state index is 12.8. The van der Waals surface area contributed by atoms with E-state index in [0.717, 1.165) is 75.0 Å². The molecular formula is C22H28N6O2. The summed E-state index contributed by atoms with van der Waals surface area (Å²) >= 11 is 0. The van der Waals surface area contributed by atoms with Crippen LogP contribution >= 0.6 is 0 Å². The van der Waals surface area contributed by atoms with E-state index in [1.165, 1.54) is 5.56 Å². The number of fused-ring (bicyclic) bond motifs is 1. The number of aliphatic hydroxyl groups is 1. The maximum atomic E-state index is 12.8. The number of hydrogen-bond acceptors (Lipinski definition) is 6. The summed E-state index contributed by atoms with van der Waals surface area (Å²) in [7, 11) is 0. The van der Waals surface area contributed by atoms with Crippen LogP contribution in [0.25, 0.3) is 10.9 Å². The molecule has 0 amide bonds. The fourth-order valence-corrected chi connectivity index (χ4v) is 4.76. The molecule has 1 aromatic carbocycles. The number of likely N-dealkylation sites (tertiary alicyclic amines) is 1. The first kappa shape index (κ1) is 19.3. The maximum Gasteiger partial charge on any atom is 0.269 e. The molecule has 8 nitrogen and oxygen atoms in total. The van der Waals surface area contributed by atoms with Gasteiger partial charge < -0.3 is 10.0 Å². The molecule has 1 atom stereocenters. The summed E-state index contributed by atoms with van der Waals surface area (Å²) in [4.78, 5) is 17.4. The zero-order valence-corrected chi connectivity index (χ0v) is 17.1. The van der Waals surface area contributed by atoms with Crippen molar-refractivity contribution >= 4 is 16.6 Å². The van der Waals surface area contributed by atoms with E-state index in [2.05, 4.69) is 43.3 Å². The molecule has 8 heteroatoms. The zero-order valence-electron chi connectivity index (χ0n) is 17.1. The third-order valence-electron chi connectivity index (χ3n) is 6.42. The quantitative estimate of drug-likeness (QED) is 0.686. The van der Waals surface area contributed by atoms with Gasteiger partial charge in [-0.1, -0.05) is 18.2 Å². The lowest BCUT2D eigenvalue weighted by Gasteiger charge is -2.34. The van der Waals surface area contributed by atoms with Gasteiger partial charge in [0.15, 0.2) is 0 Å². The predicted octanol–water partition coefficient (Wildman–Crippen LogP) is 1.92. The number of anilines is 1. The Morgan fingerprint density at radius 2 is 2.00 bits per heavy atom. The Labute approximate surface area is 175 Å². The van der Waals surface area contributed by atoms with Crippen molar-refractivity contribution in [2.24, 2.45) is 0 Å². The molecule has 2 N–H and O–H groups in total. The van der Waals surface area contributed by atoms with Gasteiger partial charge in [-0.15, -0.1) is 0 Å². The first-order chi connectivity index (χ1) is 14.7. The van der Waals surface area contributed by atoms with Crippen LogP contribution in [0.4, 0.5) is 5.69 Å². The second-order valence-electron chi connectivity index (χ2n) is 8.50. The lowest BCUT2D eigenvalue weighted by Crippen LogP contribution is -2.41. The van der Waals surface area contributed by atoms with Crippen molar-refractivity contribution in [1.82, 2.24) is 24.9 Å². The lowest BCUT2D eigenvalue weighted by molar-refractivity contribution is 0.145. The fraction of sp³-hybridized carbons (Fsp3) is 0.500. The highest BCUT2D eigenvalue weighted by atomic mass is 16.3. The molecule has 3 aromatic rings. The summed E-state index contributed by atoms with van der Waals surface area (Å²) in [6.45, 7) is 4.20. The first-order valence-corrected chi connectivity index (χ1v) is 10.8. The number of H-pyrrole nitrogens is 1. The summed E-state index contributed by atoms with van der Waals surface area (Å²) in [5, 5.41) is 22.6. The molecule has 158 valence electrons. The number of aromatic amines is 1. The number of benzene rings is 1. The summed E-state index contributed by atoms with van der Waals surface area (Å²) in [5.41, 5.74) is 3.14. The van der Waals surface area contributed by atoms with Gasteiger partial charge in [-0.2, -0.15) is 10.2 Å². The van der Waals surface area contributed by atoms with E-state index < -0.39 is 0 Å². The summed E-state index contributed by atoms with van der Waals surface area (Å²) in [5.74, 6) is 0. The number of para-hydroxylation sites is 1. The van der Waals surface area contributed by atoms with E-state index in [1.807, 2.05) is 12.4 Å². The number of nitrogens with zero attached hydrogens (tertiary/aromatic N) is 5. The van der Waals surface area contributed by atoms with E-state index in [4.69, 9.17) is 0 Å². The van der Waals surface area contributed by atoms with E-state index in [-0.39, 0.29) is 17.7 Å². The standard InChI is InChI=1S/C22H28N6O2/c29-20-6-9-27(10-7-20)19-11-21(30)28(24-13-19)18-5-2-8-26(15-18)14-17-4-1-3-16-12-23-25-22(16)17/h1,3-4,11-13,18,20,29H,2,5-10,14-15H2,(H,23,25)/t18-/m1/s1. The normalized spacial score (nSPS) is 21.4. The number of nitrogens with one attached hydrogen (secondary N) is 1. The molecule has 2 saturated heterocycles. The van der Waals surface area contributed by atoms with Crippen LogP contribution in [0.2, 0.25) is 0 Å². The van der Waals surface area contributed by atoms with Crippen LogP contribution in [0.1, 0.15) is 37.3 Å². The summed E-state index contributed by atoms with van der Waals surface area (Å²) < 4.78 is 1.66. The summed E-state index contributed by atoms with van der Waals surface area (Å²) in [6.07, 6.45) is 6.93. The minimum Gasteiger partial charge on any atom is -0.393 e. The van der Waals surface area contributed by atoms with Crippen LogP contribution in [-0.4, -0.2) is 62.3 Å². The molecule has 5 rings (SSSR count). The number of aromatic nitrogens is 4. The van der Waals surface area contributed by atoms with Gasteiger partial charge in [-0.3, -0.25) is 14.8 Å². The molecule has 2 aliphatic heterocycles. The lowest BCUT2D eigenvalue weighted by atomic mass is 10.0. The van der Waals surface area contributed by atoms with E-state index in [0.29, 0.717) is 0 Å². The fourth-order valence-electron chi connectivity index (χ4n) is 4.76. The second-order valence-corrected chi connectivity index (χ2v) is 8.50. The Balaban J connectivity index is 1.30. The topological polar surface area (TPSA) is 90.3 Å². The van der Waals surface area contributed by atoms with Gasteiger partial charge >= 0.3 is 0 Å². The van der Waals surface area contributed by atoms with Crippen molar-refractivity contribution < 1.29 is 5.11 Å². The Hall–Kier alpha value is -2.71. The van der Waals surface area contributed by atoms with Gasteiger partial charge in [-0.25, -0.2) is 4.68 Å². The molecule has 0 radical (unpaired) electrons. The number of aliphatic hydroxyl groups excluding tert-OH is 1. The number of rotatable bonds is 4. The average molecular weight is 409 g/mol. The SMILES string of the molecule is O=c1cc(N2CCC(O)CC2)cnn1[C@@H]1CCCN(Cc2cccc3cn[nH]c23)C1. The van der Waals surface area contributed by atoms with Crippen LogP contribution in [0, 0.1) is 0 Å². The van der Waals surface area contributed by atoms with Crippen molar-refractivity contribution in [3.8, 4) is 0 Å². The number of hydrogen-bond donors (Lipinski definition) is 2. The molecule has 2 aliphatic rings. The summed E-state index contributed by atoms with van der Waals surface area (Å²) in [6, 6.07) is 8.06. The predicted molar refractivity (Wildman–Crippen MR) is 116 cm³/mol. The van der Waals surface area contributed by atoms with Gasteiger partial charge in [-0.05, 0) is 37.8 Å². The van der Waals surface area contributed by atoms with Crippen LogP contribution < -0.4 is 10.5 Å². The van der Waals surface area contributed by atoms with E-state index >= 15 is 0 Å². The molecule has 0 bridgehead atoms. The van der Waals surface area contributed by atoms with Crippen molar-refractivity contribution in [3.05, 3.63) is 52.6 Å². The molecule has 0 spiro atoms. The van der Waals surface area contributed by atoms with E-state index in [1.54, 1.807) is 10.7 Å². The van der Waals surface area contributed by atoms with Crippen molar-refractivity contribution in [1.29, 1.82) is 0 Å². The van der Waals surface area contributed by atoms with Gasteiger partial charge in [0.25, 0.3) is 5.56 Å². The molecule has 2 aromatic heterocycles.